The molecule has 156 valence electrons. The molecule has 3 aromatic carbocycles. The Bertz CT molecular complexity index is 1180. The van der Waals surface area contributed by atoms with Crippen LogP contribution in [0.2, 0.25) is 0 Å². The summed E-state index contributed by atoms with van der Waals surface area (Å²) in [4.78, 5) is 10.8. The maximum Gasteiger partial charge on any atom is 0.328 e. The smallest absolute Gasteiger partial charge is 0.328 e. The summed E-state index contributed by atoms with van der Waals surface area (Å²) in [5.41, 5.74) is 11.2. The summed E-state index contributed by atoms with van der Waals surface area (Å²) >= 11 is 0. The number of nitrogens with one attached hydrogen (secondary N) is 1. The molecule has 0 unspecified atom stereocenters. The van der Waals surface area contributed by atoms with Gasteiger partial charge in [0, 0.05) is 29.1 Å². The molecule has 0 aliphatic carbocycles. The second-order valence-electron chi connectivity index (χ2n) is 6.97. The van der Waals surface area contributed by atoms with E-state index in [4.69, 9.17) is 16.2 Å². The van der Waals surface area contributed by atoms with Crippen molar-refractivity contribution < 1.29 is 14.3 Å². The molecule has 0 atom stereocenters. The molecule has 0 aromatic heterocycles. The van der Waals surface area contributed by atoms with Crippen molar-refractivity contribution in [2.75, 3.05) is 5.73 Å². The number of nitrogen functional groups attached to an aromatic ring is 1. The molecule has 0 saturated heterocycles. The molecule has 0 fully saturated rings. The Labute approximate surface area is 180 Å². The molecule has 5 heteroatoms. The number of allylic oxidation sites excluding steroid dienone is 1. The van der Waals surface area contributed by atoms with Crippen molar-refractivity contribution in [1.29, 1.82) is 5.41 Å². The van der Waals surface area contributed by atoms with Gasteiger partial charge in [-0.1, -0.05) is 55.5 Å². The van der Waals surface area contributed by atoms with Crippen LogP contribution in [0.5, 0.6) is 0 Å². The number of rotatable bonds is 7. The predicted molar refractivity (Wildman–Crippen MR) is 124 cm³/mol. The number of benzene rings is 3. The zero-order valence-corrected chi connectivity index (χ0v) is 17.1. The molecule has 0 heterocycles. The van der Waals surface area contributed by atoms with Gasteiger partial charge in [-0.25, -0.2) is 9.18 Å². The molecule has 3 aromatic rings. The first-order chi connectivity index (χ1) is 14.9. The van der Waals surface area contributed by atoms with Crippen molar-refractivity contribution in [2.24, 2.45) is 0 Å². The van der Waals surface area contributed by atoms with Gasteiger partial charge >= 0.3 is 5.97 Å². The molecule has 0 saturated carbocycles. The average molecular weight is 414 g/mol. The second kappa shape index (κ2) is 9.67. The fraction of sp³-hybridized carbons (Fsp3) is 0.0769. The summed E-state index contributed by atoms with van der Waals surface area (Å²) in [5.74, 6) is -1.55. The van der Waals surface area contributed by atoms with E-state index >= 15 is 4.39 Å². The highest BCUT2D eigenvalue weighted by molar-refractivity contribution is 6.00. The van der Waals surface area contributed by atoms with Crippen molar-refractivity contribution in [3.8, 4) is 0 Å². The largest absolute Gasteiger partial charge is 0.478 e. The lowest BCUT2D eigenvalue weighted by atomic mass is 9.87. The predicted octanol–water partition coefficient (Wildman–Crippen LogP) is 5.87. The van der Waals surface area contributed by atoms with E-state index in [9.17, 15) is 4.79 Å². The van der Waals surface area contributed by atoms with Crippen LogP contribution in [0.25, 0.3) is 17.2 Å². The van der Waals surface area contributed by atoms with Gasteiger partial charge in [0.05, 0.1) is 0 Å². The number of carbonyl (C=O) groups is 1. The third-order valence-corrected chi connectivity index (χ3v) is 4.99. The summed E-state index contributed by atoms with van der Waals surface area (Å²) in [7, 11) is 0. The van der Waals surface area contributed by atoms with Crippen molar-refractivity contribution in [1.82, 2.24) is 0 Å². The van der Waals surface area contributed by atoms with E-state index in [1.165, 1.54) is 18.4 Å². The summed E-state index contributed by atoms with van der Waals surface area (Å²) in [6.45, 7) is 2.01. The van der Waals surface area contributed by atoms with E-state index in [1.54, 1.807) is 24.3 Å². The van der Waals surface area contributed by atoms with Crippen LogP contribution in [0, 0.1) is 11.2 Å². The van der Waals surface area contributed by atoms with Gasteiger partial charge in [-0.2, -0.15) is 0 Å². The molecule has 3 rings (SSSR count). The lowest BCUT2D eigenvalue weighted by molar-refractivity contribution is -0.131. The number of nitrogens with two attached hydrogens (primary N) is 1. The lowest BCUT2D eigenvalue weighted by Gasteiger charge is -2.18. The standard InChI is InChI=1S/C26H23FN2O2/c1-2-21(18-6-4-3-5-7-18)26(19-10-12-24(29)20(15-19)16-28)22-11-8-17(14-23(22)27)9-13-25(30)31/h3-16,28H,2,29H2,1H3,(H,30,31)/b13-9+,26-21-,28-16?. The van der Waals surface area contributed by atoms with Gasteiger partial charge in [0.25, 0.3) is 0 Å². The van der Waals surface area contributed by atoms with E-state index in [0.29, 0.717) is 34.4 Å². The van der Waals surface area contributed by atoms with Crippen LogP contribution in [0.3, 0.4) is 0 Å². The Morgan fingerprint density at radius 2 is 1.81 bits per heavy atom. The van der Waals surface area contributed by atoms with E-state index in [0.717, 1.165) is 22.8 Å². The summed E-state index contributed by atoms with van der Waals surface area (Å²) in [6.07, 6.45) is 4.17. The van der Waals surface area contributed by atoms with Crippen molar-refractivity contribution in [3.63, 3.8) is 0 Å². The second-order valence-corrected chi connectivity index (χ2v) is 6.97. The summed E-state index contributed by atoms with van der Waals surface area (Å²) in [6, 6.07) is 19.8. The molecule has 0 bridgehead atoms. The number of carboxylic acid groups (broad SMARTS) is 1. The highest BCUT2D eigenvalue weighted by Gasteiger charge is 2.17. The molecule has 0 spiro atoms. The number of carboxylic acids is 1. The van der Waals surface area contributed by atoms with E-state index in [-0.39, 0.29) is 0 Å². The highest BCUT2D eigenvalue weighted by atomic mass is 19.1. The first kappa shape index (κ1) is 21.7. The van der Waals surface area contributed by atoms with Gasteiger partial charge in [-0.05, 0) is 58.5 Å². The molecule has 4 nitrogen and oxygen atoms in total. The van der Waals surface area contributed by atoms with Gasteiger partial charge in [-0.3, -0.25) is 0 Å². The van der Waals surface area contributed by atoms with Gasteiger partial charge in [-0.15, -0.1) is 0 Å². The van der Waals surface area contributed by atoms with Crippen LogP contribution in [-0.4, -0.2) is 17.3 Å². The number of aliphatic carboxylic acids is 1. The lowest BCUT2D eigenvalue weighted by Crippen LogP contribution is -2.01. The van der Waals surface area contributed by atoms with Crippen LogP contribution >= 0.6 is 0 Å². The monoisotopic (exact) mass is 414 g/mol. The third-order valence-electron chi connectivity index (χ3n) is 4.99. The topological polar surface area (TPSA) is 87.2 Å². The van der Waals surface area contributed by atoms with Crippen LogP contribution < -0.4 is 5.73 Å². The maximum absolute atomic E-state index is 15.3. The Kier molecular flexibility index (Phi) is 6.78. The number of hydrogen-bond donors (Lipinski definition) is 3. The zero-order chi connectivity index (χ0) is 22.4. The quantitative estimate of drug-likeness (QED) is 0.195. The Balaban J connectivity index is 2.28. The molecule has 31 heavy (non-hydrogen) atoms. The molecule has 4 N–H and O–H groups in total. The van der Waals surface area contributed by atoms with Gasteiger partial charge in [0.2, 0.25) is 0 Å². The SMILES string of the molecule is CC/C(=C(\c1ccc(N)c(C=N)c1)c1ccc(/C=C/C(=O)O)cc1F)c1ccccc1. The van der Waals surface area contributed by atoms with Crippen molar-refractivity contribution in [2.45, 2.75) is 13.3 Å². The first-order valence-electron chi connectivity index (χ1n) is 9.84. The number of hydrogen-bond acceptors (Lipinski definition) is 3. The molecule has 0 amide bonds. The summed E-state index contributed by atoms with van der Waals surface area (Å²) < 4.78 is 15.3. The maximum atomic E-state index is 15.3. The van der Waals surface area contributed by atoms with Crippen molar-refractivity contribution >= 4 is 35.1 Å². The minimum atomic E-state index is -1.09. The normalized spacial score (nSPS) is 11.9. The van der Waals surface area contributed by atoms with Crippen molar-refractivity contribution in [3.05, 3.63) is 106 Å². The first-order valence-corrected chi connectivity index (χ1v) is 9.84. The summed E-state index contributed by atoms with van der Waals surface area (Å²) in [5, 5.41) is 16.5. The van der Waals surface area contributed by atoms with E-state index in [1.807, 2.05) is 43.3 Å². The van der Waals surface area contributed by atoms with Gasteiger partial charge < -0.3 is 16.2 Å². The third kappa shape index (κ3) is 4.95. The van der Waals surface area contributed by atoms with Crippen LogP contribution in [0.15, 0.2) is 72.8 Å². The molecule has 0 aliphatic rings. The van der Waals surface area contributed by atoms with Crippen LogP contribution in [-0.2, 0) is 4.79 Å². The van der Waals surface area contributed by atoms with E-state index in [2.05, 4.69) is 0 Å². The van der Waals surface area contributed by atoms with E-state index < -0.39 is 11.8 Å². The van der Waals surface area contributed by atoms with Gasteiger partial charge in [0.1, 0.15) is 5.82 Å². The average Bonchev–Trinajstić information content (AvgIpc) is 2.77. The molecule has 0 radical (unpaired) electrons. The minimum absolute atomic E-state index is 0.397. The van der Waals surface area contributed by atoms with Crippen LogP contribution in [0.1, 0.15) is 41.2 Å². The molecular weight excluding hydrogens is 391 g/mol. The van der Waals surface area contributed by atoms with Crippen LogP contribution in [0.4, 0.5) is 10.1 Å². The minimum Gasteiger partial charge on any atom is -0.478 e. The number of anilines is 1. The highest BCUT2D eigenvalue weighted by Crippen LogP contribution is 2.36. The fourth-order valence-corrected chi connectivity index (χ4v) is 3.52. The van der Waals surface area contributed by atoms with Gasteiger partial charge in [0.15, 0.2) is 0 Å². The Morgan fingerprint density at radius 1 is 1.06 bits per heavy atom. The fourth-order valence-electron chi connectivity index (χ4n) is 3.52. The molecular formula is C26H23FN2O2. The number of halogens is 1. The zero-order valence-electron chi connectivity index (χ0n) is 17.1. The molecule has 0 aliphatic heterocycles. The Morgan fingerprint density at radius 3 is 2.42 bits per heavy atom. The Hall–Kier alpha value is -3.99.